The number of anilines is 4. The van der Waals surface area contributed by atoms with Gasteiger partial charge in [0.2, 0.25) is 11.8 Å². The molecule has 0 bridgehead atoms. The Hall–Kier alpha value is -4.46. The standard InChI is InChI=1S/C24H20N6O2/c1-15-3-11-19(12-4-15)25-23-29-27-21(31-23)17-7-9-18(10-8-17)22-28-30-24(32-22)26-20-13-5-16(2)6-14-20/h3-14H,1-2H3,(H,25,29)(H,26,30). The maximum Gasteiger partial charge on any atom is 0.320 e. The molecule has 0 radical (unpaired) electrons. The predicted molar refractivity (Wildman–Crippen MR) is 122 cm³/mol. The summed E-state index contributed by atoms with van der Waals surface area (Å²) in [6, 6.07) is 24.0. The summed E-state index contributed by atoms with van der Waals surface area (Å²) in [6.07, 6.45) is 0. The molecule has 0 amide bonds. The van der Waals surface area contributed by atoms with Crippen molar-refractivity contribution in [2.75, 3.05) is 10.6 Å². The first-order valence-electron chi connectivity index (χ1n) is 10.1. The third-order valence-electron chi connectivity index (χ3n) is 4.83. The third kappa shape index (κ3) is 4.34. The Morgan fingerprint density at radius 2 is 0.875 bits per heavy atom. The fourth-order valence-corrected chi connectivity index (χ4v) is 3.06. The molecule has 8 heteroatoms. The lowest BCUT2D eigenvalue weighted by atomic mass is 10.1. The van der Waals surface area contributed by atoms with Crippen LogP contribution in [0.4, 0.5) is 23.4 Å². The third-order valence-corrected chi connectivity index (χ3v) is 4.83. The van der Waals surface area contributed by atoms with E-state index in [-0.39, 0.29) is 0 Å². The average Bonchev–Trinajstić information content (AvgIpc) is 3.47. The van der Waals surface area contributed by atoms with Gasteiger partial charge in [-0.25, -0.2) is 0 Å². The quantitative estimate of drug-likeness (QED) is 0.348. The molecule has 5 rings (SSSR count). The minimum absolute atomic E-state index is 0.330. The molecule has 2 aromatic heterocycles. The van der Waals surface area contributed by atoms with Crippen molar-refractivity contribution in [3.63, 3.8) is 0 Å². The smallest absolute Gasteiger partial charge is 0.320 e. The zero-order chi connectivity index (χ0) is 21.9. The first-order chi connectivity index (χ1) is 15.6. The van der Waals surface area contributed by atoms with Gasteiger partial charge in [0.1, 0.15) is 0 Å². The molecular formula is C24H20N6O2. The van der Waals surface area contributed by atoms with Crippen LogP contribution >= 0.6 is 0 Å². The van der Waals surface area contributed by atoms with Crippen molar-refractivity contribution in [2.24, 2.45) is 0 Å². The first kappa shape index (κ1) is 19.5. The van der Waals surface area contributed by atoms with Crippen molar-refractivity contribution in [1.29, 1.82) is 0 Å². The molecule has 0 saturated carbocycles. The molecule has 0 aliphatic rings. The lowest BCUT2D eigenvalue weighted by Crippen LogP contribution is -1.89. The van der Waals surface area contributed by atoms with Crippen LogP contribution in [0.5, 0.6) is 0 Å². The topological polar surface area (TPSA) is 102 Å². The van der Waals surface area contributed by atoms with Crippen molar-refractivity contribution in [1.82, 2.24) is 20.4 Å². The Balaban J connectivity index is 1.27. The summed E-state index contributed by atoms with van der Waals surface area (Å²) in [5.41, 5.74) is 5.70. The average molecular weight is 424 g/mol. The van der Waals surface area contributed by atoms with Crippen LogP contribution in [0.25, 0.3) is 22.9 Å². The Bertz CT molecular complexity index is 1220. The van der Waals surface area contributed by atoms with Gasteiger partial charge >= 0.3 is 12.0 Å². The van der Waals surface area contributed by atoms with E-state index in [0.29, 0.717) is 23.8 Å². The van der Waals surface area contributed by atoms with Crippen LogP contribution in [0.15, 0.2) is 81.6 Å². The maximum absolute atomic E-state index is 5.73. The van der Waals surface area contributed by atoms with Gasteiger partial charge < -0.3 is 19.5 Å². The fraction of sp³-hybridized carbons (Fsp3) is 0.0833. The molecule has 8 nitrogen and oxygen atoms in total. The van der Waals surface area contributed by atoms with Gasteiger partial charge in [0.25, 0.3) is 0 Å². The van der Waals surface area contributed by atoms with Crippen molar-refractivity contribution in [3.8, 4) is 22.9 Å². The number of rotatable bonds is 6. The summed E-state index contributed by atoms with van der Waals surface area (Å²) in [5, 5.41) is 22.6. The van der Waals surface area contributed by atoms with E-state index < -0.39 is 0 Å². The monoisotopic (exact) mass is 424 g/mol. The zero-order valence-corrected chi connectivity index (χ0v) is 17.5. The molecule has 32 heavy (non-hydrogen) atoms. The molecule has 2 N–H and O–H groups in total. The highest BCUT2D eigenvalue weighted by atomic mass is 16.4. The van der Waals surface area contributed by atoms with Gasteiger partial charge in [0, 0.05) is 22.5 Å². The molecule has 0 saturated heterocycles. The molecule has 0 aliphatic carbocycles. The van der Waals surface area contributed by atoms with Crippen molar-refractivity contribution in [3.05, 3.63) is 83.9 Å². The van der Waals surface area contributed by atoms with Gasteiger partial charge in [-0.1, -0.05) is 45.6 Å². The summed E-state index contributed by atoms with van der Waals surface area (Å²) >= 11 is 0. The normalized spacial score (nSPS) is 10.8. The van der Waals surface area contributed by atoms with E-state index in [1.54, 1.807) is 0 Å². The van der Waals surface area contributed by atoms with E-state index >= 15 is 0 Å². The Morgan fingerprint density at radius 3 is 1.25 bits per heavy atom. The number of hydrogen-bond donors (Lipinski definition) is 2. The number of nitrogens with zero attached hydrogens (tertiary/aromatic N) is 4. The van der Waals surface area contributed by atoms with Crippen LogP contribution in [0.2, 0.25) is 0 Å². The first-order valence-corrected chi connectivity index (χ1v) is 10.1. The highest BCUT2D eigenvalue weighted by molar-refractivity contribution is 5.63. The lowest BCUT2D eigenvalue weighted by molar-refractivity contribution is 0.585. The van der Waals surface area contributed by atoms with Crippen LogP contribution in [0, 0.1) is 13.8 Å². The van der Waals surface area contributed by atoms with Crippen LogP contribution in [-0.4, -0.2) is 20.4 Å². The SMILES string of the molecule is Cc1ccc(Nc2nnc(-c3ccc(-c4nnc(Nc5ccc(C)cc5)o4)cc3)o2)cc1. The Kier molecular flexibility index (Phi) is 5.09. The zero-order valence-electron chi connectivity index (χ0n) is 17.5. The van der Waals surface area contributed by atoms with Gasteiger partial charge in [0.15, 0.2) is 0 Å². The number of nitrogens with one attached hydrogen (secondary N) is 2. The highest BCUT2D eigenvalue weighted by Gasteiger charge is 2.12. The second-order valence-corrected chi connectivity index (χ2v) is 7.38. The maximum atomic E-state index is 5.73. The lowest BCUT2D eigenvalue weighted by Gasteiger charge is -2.01. The van der Waals surface area contributed by atoms with E-state index in [0.717, 1.165) is 22.5 Å². The summed E-state index contributed by atoms with van der Waals surface area (Å²) in [4.78, 5) is 0. The van der Waals surface area contributed by atoms with Crippen LogP contribution in [0.1, 0.15) is 11.1 Å². The molecule has 0 aliphatic heterocycles. The van der Waals surface area contributed by atoms with E-state index in [2.05, 4.69) is 31.0 Å². The van der Waals surface area contributed by atoms with Crippen molar-refractivity contribution < 1.29 is 8.83 Å². The molecular weight excluding hydrogens is 404 g/mol. The second-order valence-electron chi connectivity index (χ2n) is 7.38. The molecule has 3 aromatic carbocycles. The molecule has 0 atom stereocenters. The minimum Gasteiger partial charge on any atom is -0.403 e. The molecule has 158 valence electrons. The van der Waals surface area contributed by atoms with E-state index in [9.17, 15) is 0 Å². The molecule has 0 unspecified atom stereocenters. The van der Waals surface area contributed by atoms with Gasteiger partial charge in [-0.3, -0.25) is 0 Å². The number of aromatic nitrogens is 4. The van der Waals surface area contributed by atoms with E-state index in [1.165, 1.54) is 11.1 Å². The summed E-state index contributed by atoms with van der Waals surface area (Å²) in [6.45, 7) is 4.07. The van der Waals surface area contributed by atoms with E-state index in [4.69, 9.17) is 8.83 Å². The largest absolute Gasteiger partial charge is 0.403 e. The summed E-state index contributed by atoms with van der Waals surface area (Å²) < 4.78 is 11.5. The highest BCUT2D eigenvalue weighted by Crippen LogP contribution is 2.27. The van der Waals surface area contributed by atoms with Crippen LogP contribution < -0.4 is 10.6 Å². The molecule has 2 heterocycles. The number of aryl methyl sites for hydroxylation is 2. The Labute approximate surface area is 184 Å². The van der Waals surface area contributed by atoms with Gasteiger partial charge in [0.05, 0.1) is 0 Å². The minimum atomic E-state index is 0.330. The van der Waals surface area contributed by atoms with Gasteiger partial charge in [-0.15, -0.1) is 10.2 Å². The molecule has 0 fully saturated rings. The molecule has 5 aromatic rings. The fourth-order valence-electron chi connectivity index (χ4n) is 3.06. The number of hydrogen-bond acceptors (Lipinski definition) is 8. The summed E-state index contributed by atoms with van der Waals surface area (Å²) in [5.74, 6) is 0.830. The van der Waals surface area contributed by atoms with Gasteiger partial charge in [-0.05, 0) is 62.4 Å². The van der Waals surface area contributed by atoms with Crippen LogP contribution in [-0.2, 0) is 0 Å². The van der Waals surface area contributed by atoms with E-state index in [1.807, 2.05) is 86.6 Å². The summed E-state index contributed by atoms with van der Waals surface area (Å²) in [7, 11) is 0. The number of benzene rings is 3. The second kappa shape index (κ2) is 8.35. The Morgan fingerprint density at radius 1 is 0.500 bits per heavy atom. The molecule has 0 spiro atoms. The van der Waals surface area contributed by atoms with Crippen molar-refractivity contribution >= 4 is 23.4 Å². The predicted octanol–water partition coefficient (Wildman–Crippen LogP) is 5.89. The van der Waals surface area contributed by atoms with Crippen LogP contribution in [0.3, 0.4) is 0 Å². The van der Waals surface area contributed by atoms with Gasteiger partial charge in [-0.2, -0.15) is 0 Å². The van der Waals surface area contributed by atoms with Crippen molar-refractivity contribution in [2.45, 2.75) is 13.8 Å².